The van der Waals surface area contributed by atoms with Gasteiger partial charge in [0.15, 0.2) is 0 Å². The zero-order valence-electron chi connectivity index (χ0n) is 12.1. The van der Waals surface area contributed by atoms with Gasteiger partial charge in [-0.05, 0) is 38.8 Å². The summed E-state index contributed by atoms with van der Waals surface area (Å²) < 4.78 is 0. The monoisotopic (exact) mass is 275 g/mol. The Morgan fingerprint density at radius 2 is 1.95 bits per heavy atom. The zero-order chi connectivity index (χ0) is 14.5. The first-order valence-electron chi connectivity index (χ1n) is 7.18. The summed E-state index contributed by atoms with van der Waals surface area (Å²) in [6, 6.07) is 3.08. The number of carbonyl (C=O) groups excluding carboxylic acids is 2. The highest BCUT2D eigenvalue weighted by Crippen LogP contribution is 2.21. The van der Waals surface area contributed by atoms with Crippen LogP contribution >= 0.6 is 0 Å². The van der Waals surface area contributed by atoms with Crippen LogP contribution in [0.3, 0.4) is 0 Å². The van der Waals surface area contributed by atoms with Crippen molar-refractivity contribution in [2.24, 2.45) is 0 Å². The van der Waals surface area contributed by atoms with Crippen LogP contribution in [0.2, 0.25) is 0 Å². The Morgan fingerprint density at radius 3 is 2.55 bits per heavy atom. The lowest BCUT2D eigenvalue weighted by atomic mass is 10.1. The van der Waals surface area contributed by atoms with Crippen LogP contribution in [-0.2, 0) is 4.79 Å². The van der Waals surface area contributed by atoms with Crippen molar-refractivity contribution in [3.8, 4) is 0 Å². The highest BCUT2D eigenvalue weighted by Gasteiger charge is 2.36. The summed E-state index contributed by atoms with van der Waals surface area (Å²) in [5, 5.41) is 0. The molecule has 0 radical (unpaired) electrons. The van der Waals surface area contributed by atoms with Crippen LogP contribution in [-0.4, -0.2) is 52.3 Å². The Bertz CT molecular complexity index is 471. The second-order valence-electron chi connectivity index (χ2n) is 4.90. The van der Waals surface area contributed by atoms with Crippen molar-refractivity contribution in [2.45, 2.75) is 32.7 Å². The predicted octanol–water partition coefficient (Wildman–Crippen LogP) is 1.55. The van der Waals surface area contributed by atoms with Crippen molar-refractivity contribution >= 4 is 11.8 Å². The first kappa shape index (κ1) is 14.5. The first-order valence-corrected chi connectivity index (χ1v) is 7.18. The third-order valence-electron chi connectivity index (χ3n) is 3.80. The lowest BCUT2D eigenvalue weighted by Crippen LogP contribution is -2.47. The van der Waals surface area contributed by atoms with Gasteiger partial charge in [0, 0.05) is 37.6 Å². The minimum Gasteiger partial charge on any atom is -0.341 e. The number of carbonyl (C=O) groups is 2. The summed E-state index contributed by atoms with van der Waals surface area (Å²) in [6.45, 7) is 5.95. The maximum Gasteiger partial charge on any atom is 0.254 e. The van der Waals surface area contributed by atoms with E-state index in [0.717, 1.165) is 12.8 Å². The number of pyridine rings is 1. The molecule has 108 valence electrons. The fourth-order valence-electron chi connectivity index (χ4n) is 2.67. The summed E-state index contributed by atoms with van der Waals surface area (Å²) in [6.07, 6.45) is 4.84. The molecule has 2 heterocycles. The van der Waals surface area contributed by atoms with Crippen LogP contribution in [0.1, 0.15) is 37.0 Å². The third kappa shape index (κ3) is 2.81. The minimum atomic E-state index is -0.310. The third-order valence-corrected chi connectivity index (χ3v) is 3.80. The molecule has 1 aliphatic heterocycles. The lowest BCUT2D eigenvalue weighted by Gasteiger charge is -2.29. The van der Waals surface area contributed by atoms with E-state index in [1.807, 2.05) is 13.8 Å². The molecule has 1 unspecified atom stereocenters. The Labute approximate surface area is 119 Å². The molecule has 20 heavy (non-hydrogen) atoms. The summed E-state index contributed by atoms with van der Waals surface area (Å²) in [7, 11) is 0. The molecule has 2 amide bonds. The highest BCUT2D eigenvalue weighted by atomic mass is 16.2. The van der Waals surface area contributed by atoms with E-state index in [9.17, 15) is 9.59 Å². The zero-order valence-corrected chi connectivity index (χ0v) is 12.1. The molecule has 1 aromatic heterocycles. The molecule has 1 aromatic rings. The summed E-state index contributed by atoms with van der Waals surface area (Å²) in [5.74, 6) is -0.00897. The van der Waals surface area contributed by atoms with Crippen LogP contribution in [0.15, 0.2) is 24.5 Å². The van der Waals surface area contributed by atoms with Crippen LogP contribution in [0.5, 0.6) is 0 Å². The van der Waals surface area contributed by atoms with Gasteiger partial charge < -0.3 is 9.80 Å². The summed E-state index contributed by atoms with van der Waals surface area (Å²) in [5.41, 5.74) is 0.597. The maximum atomic E-state index is 12.5. The molecule has 0 N–H and O–H groups in total. The van der Waals surface area contributed by atoms with Gasteiger partial charge in [-0.15, -0.1) is 0 Å². The molecule has 2 rings (SSSR count). The number of aromatic nitrogens is 1. The van der Waals surface area contributed by atoms with Gasteiger partial charge in [-0.3, -0.25) is 14.6 Å². The molecule has 1 atom stereocenters. The molecule has 0 aliphatic carbocycles. The molecular weight excluding hydrogens is 254 g/mol. The van der Waals surface area contributed by atoms with Crippen molar-refractivity contribution in [1.82, 2.24) is 14.8 Å². The fraction of sp³-hybridized carbons (Fsp3) is 0.533. The standard InChI is InChI=1S/C15H21N3O2/c1-3-17(4-2)15(20)13-6-5-11-18(13)14(19)12-7-9-16-10-8-12/h7-10,13H,3-6,11H2,1-2H3. The Hall–Kier alpha value is -1.91. The topological polar surface area (TPSA) is 53.5 Å². The van der Waals surface area contributed by atoms with Crippen LogP contribution in [0, 0.1) is 0 Å². The van der Waals surface area contributed by atoms with Crippen molar-refractivity contribution in [3.05, 3.63) is 30.1 Å². The molecule has 1 aliphatic rings. The average Bonchev–Trinajstić information content (AvgIpc) is 2.98. The molecule has 0 bridgehead atoms. The number of hydrogen-bond acceptors (Lipinski definition) is 3. The molecule has 0 spiro atoms. The number of likely N-dealkylation sites (N-methyl/N-ethyl adjacent to an activating group) is 1. The van der Waals surface area contributed by atoms with Gasteiger partial charge in [0.2, 0.25) is 5.91 Å². The predicted molar refractivity (Wildman–Crippen MR) is 76.2 cm³/mol. The quantitative estimate of drug-likeness (QED) is 0.838. The average molecular weight is 275 g/mol. The van der Waals surface area contributed by atoms with Gasteiger partial charge in [0.05, 0.1) is 0 Å². The number of amides is 2. The van der Waals surface area contributed by atoms with Gasteiger partial charge >= 0.3 is 0 Å². The van der Waals surface area contributed by atoms with E-state index in [1.54, 1.807) is 34.3 Å². The van der Waals surface area contributed by atoms with E-state index in [-0.39, 0.29) is 17.9 Å². The van der Waals surface area contributed by atoms with Gasteiger partial charge in [0.1, 0.15) is 6.04 Å². The summed E-state index contributed by atoms with van der Waals surface area (Å²) >= 11 is 0. The number of rotatable bonds is 4. The Balaban J connectivity index is 2.15. The normalized spacial score (nSPS) is 18.1. The largest absolute Gasteiger partial charge is 0.341 e. The highest BCUT2D eigenvalue weighted by molar-refractivity contribution is 5.97. The summed E-state index contributed by atoms with van der Waals surface area (Å²) in [4.78, 5) is 32.4. The SMILES string of the molecule is CCN(CC)C(=O)C1CCCN1C(=O)c1ccncc1. The first-order chi connectivity index (χ1) is 9.69. The van der Waals surface area contributed by atoms with Crippen LogP contribution < -0.4 is 0 Å². The van der Waals surface area contributed by atoms with E-state index < -0.39 is 0 Å². The van der Waals surface area contributed by atoms with Crippen molar-refractivity contribution in [3.63, 3.8) is 0 Å². The number of likely N-dealkylation sites (tertiary alicyclic amines) is 1. The smallest absolute Gasteiger partial charge is 0.254 e. The molecule has 1 fully saturated rings. The van der Waals surface area contributed by atoms with E-state index in [0.29, 0.717) is 25.2 Å². The molecular formula is C15H21N3O2. The van der Waals surface area contributed by atoms with Gasteiger partial charge in [-0.2, -0.15) is 0 Å². The van der Waals surface area contributed by atoms with Crippen molar-refractivity contribution < 1.29 is 9.59 Å². The van der Waals surface area contributed by atoms with E-state index in [2.05, 4.69) is 4.98 Å². The van der Waals surface area contributed by atoms with Crippen LogP contribution in [0.4, 0.5) is 0 Å². The maximum absolute atomic E-state index is 12.5. The van der Waals surface area contributed by atoms with Gasteiger partial charge in [-0.25, -0.2) is 0 Å². The second kappa shape index (κ2) is 6.50. The molecule has 0 aromatic carbocycles. The van der Waals surface area contributed by atoms with Crippen molar-refractivity contribution in [1.29, 1.82) is 0 Å². The minimum absolute atomic E-state index is 0.0647. The van der Waals surface area contributed by atoms with Crippen molar-refractivity contribution in [2.75, 3.05) is 19.6 Å². The van der Waals surface area contributed by atoms with E-state index in [1.165, 1.54) is 0 Å². The number of nitrogens with zero attached hydrogens (tertiary/aromatic N) is 3. The lowest BCUT2D eigenvalue weighted by molar-refractivity contribution is -0.134. The molecule has 1 saturated heterocycles. The molecule has 0 saturated carbocycles. The van der Waals surface area contributed by atoms with Crippen LogP contribution in [0.25, 0.3) is 0 Å². The molecule has 5 heteroatoms. The van der Waals surface area contributed by atoms with E-state index >= 15 is 0 Å². The Morgan fingerprint density at radius 1 is 1.30 bits per heavy atom. The van der Waals surface area contributed by atoms with E-state index in [4.69, 9.17) is 0 Å². The van der Waals surface area contributed by atoms with Gasteiger partial charge in [0.25, 0.3) is 5.91 Å². The van der Waals surface area contributed by atoms with Gasteiger partial charge in [-0.1, -0.05) is 0 Å². The fourth-order valence-corrected chi connectivity index (χ4v) is 2.67. The second-order valence-corrected chi connectivity index (χ2v) is 4.90. The Kier molecular flexibility index (Phi) is 4.71. The molecule has 5 nitrogen and oxygen atoms in total. The number of hydrogen-bond donors (Lipinski definition) is 0.